The predicted molar refractivity (Wildman–Crippen MR) is 39.1 cm³/mol. The molecule has 0 aliphatic heterocycles. The first-order valence-electron chi connectivity index (χ1n) is 3.64. The predicted octanol–water partition coefficient (Wildman–Crippen LogP) is 2.53. The van der Waals surface area contributed by atoms with Gasteiger partial charge in [-0.25, -0.2) is 0 Å². The lowest BCUT2D eigenvalue weighted by atomic mass is 10.0. The second kappa shape index (κ2) is 1.50. The van der Waals surface area contributed by atoms with Gasteiger partial charge in [-0.2, -0.15) is 0 Å². The van der Waals surface area contributed by atoms with Crippen molar-refractivity contribution in [2.24, 2.45) is 11.8 Å². The van der Waals surface area contributed by atoms with Crippen LogP contribution in [0, 0.1) is 11.8 Å². The summed E-state index contributed by atoms with van der Waals surface area (Å²) in [7, 11) is 0. The average Bonchev–Trinajstić information content (AvgIpc) is 2.57. The highest BCUT2D eigenvalue weighted by Crippen LogP contribution is 2.50. The van der Waals surface area contributed by atoms with Gasteiger partial charge in [-0.15, -0.1) is 0 Å². The van der Waals surface area contributed by atoms with Crippen LogP contribution in [0.1, 0.15) is 20.3 Å². The molecule has 1 saturated carbocycles. The van der Waals surface area contributed by atoms with Crippen LogP contribution in [0.2, 0.25) is 0 Å². The molecular weight excluding hydrogens is 108 g/mol. The fraction of sp³-hybridized carbons (Fsp3) is 0.556. The Bertz CT molecular complexity index is 174. The first-order chi connectivity index (χ1) is 4.29. The molecule has 0 N–H and O–H groups in total. The van der Waals surface area contributed by atoms with E-state index in [0.29, 0.717) is 0 Å². The molecule has 48 valence electrons. The van der Waals surface area contributed by atoms with Crippen molar-refractivity contribution in [3.05, 3.63) is 23.3 Å². The third-order valence-electron chi connectivity index (χ3n) is 2.57. The van der Waals surface area contributed by atoms with Gasteiger partial charge in [0.05, 0.1) is 0 Å². The van der Waals surface area contributed by atoms with Crippen LogP contribution in [0.4, 0.5) is 0 Å². The lowest BCUT2D eigenvalue weighted by Gasteiger charge is -2.04. The van der Waals surface area contributed by atoms with Gasteiger partial charge in [0.15, 0.2) is 0 Å². The zero-order chi connectivity index (χ0) is 6.43. The normalized spacial score (nSPS) is 38.9. The van der Waals surface area contributed by atoms with E-state index in [1.165, 1.54) is 6.42 Å². The van der Waals surface area contributed by atoms with E-state index in [0.717, 1.165) is 11.8 Å². The fourth-order valence-electron chi connectivity index (χ4n) is 1.71. The molecule has 0 heterocycles. The number of hydrogen-bond donors (Lipinski definition) is 0. The molecule has 2 aliphatic rings. The molecule has 0 heteroatoms. The summed E-state index contributed by atoms with van der Waals surface area (Å²) in [5.74, 6) is 1.88. The summed E-state index contributed by atoms with van der Waals surface area (Å²) in [6.07, 6.45) is 5.96. The summed E-state index contributed by atoms with van der Waals surface area (Å²) in [5.41, 5.74) is 3.18. The summed E-state index contributed by atoms with van der Waals surface area (Å²) in [4.78, 5) is 0. The maximum atomic E-state index is 2.27. The van der Waals surface area contributed by atoms with Gasteiger partial charge in [0, 0.05) is 0 Å². The van der Waals surface area contributed by atoms with Gasteiger partial charge in [-0.1, -0.05) is 23.3 Å². The topological polar surface area (TPSA) is 0 Å². The van der Waals surface area contributed by atoms with Crippen LogP contribution < -0.4 is 0 Å². The molecule has 0 amide bonds. The van der Waals surface area contributed by atoms with Crippen LogP contribution in [0.3, 0.4) is 0 Å². The average molecular weight is 120 g/mol. The Morgan fingerprint density at radius 3 is 2.00 bits per heavy atom. The smallest absolute Gasteiger partial charge is 0.0131 e. The van der Waals surface area contributed by atoms with Crippen molar-refractivity contribution in [3.8, 4) is 0 Å². The SMILES string of the molecule is CC1=CC=C(C)C2CC12. The van der Waals surface area contributed by atoms with E-state index in [2.05, 4.69) is 26.0 Å². The standard InChI is InChI=1S/C9H12/c1-6-3-4-7(2)9-5-8(6)9/h3-4,8-9H,5H2,1-2H3. The Kier molecular flexibility index (Phi) is 0.879. The molecule has 2 atom stereocenters. The van der Waals surface area contributed by atoms with Crippen molar-refractivity contribution in [1.82, 2.24) is 0 Å². The molecule has 2 rings (SSSR count). The van der Waals surface area contributed by atoms with Crippen molar-refractivity contribution in [3.63, 3.8) is 0 Å². The third-order valence-corrected chi connectivity index (χ3v) is 2.57. The van der Waals surface area contributed by atoms with Crippen molar-refractivity contribution in [2.75, 3.05) is 0 Å². The molecule has 2 unspecified atom stereocenters. The zero-order valence-corrected chi connectivity index (χ0v) is 6.02. The summed E-state index contributed by atoms with van der Waals surface area (Å²) in [6, 6.07) is 0. The minimum absolute atomic E-state index is 0.940. The van der Waals surface area contributed by atoms with Gasteiger partial charge in [0.25, 0.3) is 0 Å². The van der Waals surface area contributed by atoms with E-state index >= 15 is 0 Å². The fourth-order valence-corrected chi connectivity index (χ4v) is 1.71. The summed E-state index contributed by atoms with van der Waals surface area (Å²) in [5, 5.41) is 0. The molecule has 0 saturated heterocycles. The van der Waals surface area contributed by atoms with Crippen molar-refractivity contribution < 1.29 is 0 Å². The van der Waals surface area contributed by atoms with E-state index in [1.807, 2.05) is 0 Å². The van der Waals surface area contributed by atoms with E-state index in [-0.39, 0.29) is 0 Å². The van der Waals surface area contributed by atoms with Crippen LogP contribution >= 0.6 is 0 Å². The van der Waals surface area contributed by atoms with E-state index in [4.69, 9.17) is 0 Å². The molecule has 1 fully saturated rings. The second-order valence-electron chi connectivity index (χ2n) is 3.27. The number of hydrogen-bond acceptors (Lipinski definition) is 0. The van der Waals surface area contributed by atoms with Crippen LogP contribution in [-0.2, 0) is 0 Å². The molecule has 0 bridgehead atoms. The van der Waals surface area contributed by atoms with Gasteiger partial charge in [0.2, 0.25) is 0 Å². The summed E-state index contributed by atoms with van der Waals surface area (Å²) >= 11 is 0. The monoisotopic (exact) mass is 120 g/mol. The van der Waals surface area contributed by atoms with Gasteiger partial charge < -0.3 is 0 Å². The van der Waals surface area contributed by atoms with Crippen molar-refractivity contribution in [1.29, 1.82) is 0 Å². The summed E-state index contributed by atoms with van der Waals surface area (Å²) < 4.78 is 0. The third kappa shape index (κ3) is 0.658. The molecule has 0 aromatic rings. The van der Waals surface area contributed by atoms with Crippen molar-refractivity contribution >= 4 is 0 Å². The first kappa shape index (κ1) is 5.28. The minimum atomic E-state index is 0.940. The molecule has 0 aromatic carbocycles. The number of allylic oxidation sites excluding steroid dienone is 4. The molecule has 0 aromatic heterocycles. The zero-order valence-electron chi connectivity index (χ0n) is 6.02. The lowest BCUT2D eigenvalue weighted by molar-refractivity contribution is 0.860. The maximum absolute atomic E-state index is 2.27. The molecule has 2 aliphatic carbocycles. The Labute approximate surface area is 56.3 Å². The van der Waals surface area contributed by atoms with E-state index in [1.54, 1.807) is 11.1 Å². The highest BCUT2D eigenvalue weighted by molar-refractivity contribution is 5.33. The van der Waals surface area contributed by atoms with Crippen LogP contribution in [0.5, 0.6) is 0 Å². The lowest BCUT2D eigenvalue weighted by Crippen LogP contribution is -1.91. The van der Waals surface area contributed by atoms with Gasteiger partial charge >= 0.3 is 0 Å². The van der Waals surface area contributed by atoms with Gasteiger partial charge in [-0.05, 0) is 32.1 Å². The van der Waals surface area contributed by atoms with Crippen LogP contribution in [0.15, 0.2) is 23.3 Å². The summed E-state index contributed by atoms with van der Waals surface area (Å²) in [6.45, 7) is 4.49. The number of fused-ring (bicyclic) bond motifs is 1. The van der Waals surface area contributed by atoms with Crippen LogP contribution in [0.25, 0.3) is 0 Å². The Hall–Kier alpha value is -0.520. The van der Waals surface area contributed by atoms with E-state index < -0.39 is 0 Å². The minimum Gasteiger partial charge on any atom is -0.0696 e. The highest BCUT2D eigenvalue weighted by atomic mass is 14.4. The van der Waals surface area contributed by atoms with Crippen molar-refractivity contribution in [2.45, 2.75) is 20.3 Å². The quantitative estimate of drug-likeness (QED) is 0.461. The molecule has 0 spiro atoms. The van der Waals surface area contributed by atoms with Gasteiger partial charge in [0.1, 0.15) is 0 Å². The molecule has 9 heavy (non-hydrogen) atoms. The molecule has 0 nitrogen and oxygen atoms in total. The largest absolute Gasteiger partial charge is 0.0696 e. The maximum Gasteiger partial charge on any atom is -0.0131 e. The van der Waals surface area contributed by atoms with Crippen LogP contribution in [-0.4, -0.2) is 0 Å². The Balaban J connectivity index is 2.33. The Morgan fingerprint density at radius 2 is 1.56 bits per heavy atom. The second-order valence-corrected chi connectivity index (χ2v) is 3.27. The van der Waals surface area contributed by atoms with E-state index in [9.17, 15) is 0 Å². The van der Waals surface area contributed by atoms with Gasteiger partial charge in [-0.3, -0.25) is 0 Å². The highest BCUT2D eigenvalue weighted by Gasteiger charge is 2.40. The molecule has 0 radical (unpaired) electrons. The Morgan fingerprint density at radius 1 is 1.11 bits per heavy atom. The molecular formula is C9H12. The number of rotatable bonds is 0. The first-order valence-corrected chi connectivity index (χ1v) is 3.64.